The van der Waals surface area contributed by atoms with Gasteiger partial charge in [-0.2, -0.15) is 10.5 Å². The average molecular weight is 291 g/mol. The number of methoxy groups -OCH3 is 1. The molecule has 5 heteroatoms. The number of nitrogens with one attached hydrogen (secondary N) is 1. The molecule has 0 saturated carbocycles. The Morgan fingerprint density at radius 1 is 1.05 bits per heavy atom. The van der Waals surface area contributed by atoms with Gasteiger partial charge in [0.25, 0.3) is 0 Å². The van der Waals surface area contributed by atoms with Crippen molar-refractivity contribution in [3.05, 3.63) is 60.3 Å². The lowest BCUT2D eigenvalue weighted by atomic mass is 10.2. The zero-order valence-electron chi connectivity index (χ0n) is 11.9. The van der Waals surface area contributed by atoms with E-state index >= 15 is 0 Å². The van der Waals surface area contributed by atoms with Crippen molar-refractivity contribution in [1.82, 2.24) is 0 Å². The van der Waals surface area contributed by atoms with Crippen LogP contribution in [0.1, 0.15) is 0 Å². The summed E-state index contributed by atoms with van der Waals surface area (Å²) in [5.74, 6) is 1.90. The number of anilines is 1. The van der Waals surface area contributed by atoms with E-state index in [4.69, 9.17) is 20.0 Å². The fraction of sp³-hybridized carbons (Fsp3) is 0.0588. The van der Waals surface area contributed by atoms with Gasteiger partial charge in [0.05, 0.1) is 12.8 Å². The van der Waals surface area contributed by atoms with Gasteiger partial charge >= 0.3 is 0 Å². The van der Waals surface area contributed by atoms with Gasteiger partial charge in [-0.15, -0.1) is 0 Å². The highest BCUT2D eigenvalue weighted by molar-refractivity contribution is 5.62. The first kappa shape index (κ1) is 15.0. The van der Waals surface area contributed by atoms with Gasteiger partial charge in [-0.25, -0.2) is 0 Å². The maximum atomic E-state index is 8.74. The van der Waals surface area contributed by atoms with E-state index < -0.39 is 0 Å². The number of rotatable bonds is 5. The van der Waals surface area contributed by atoms with E-state index in [1.54, 1.807) is 30.3 Å². The molecule has 1 N–H and O–H groups in total. The molecule has 0 aromatic heterocycles. The molecule has 2 aromatic carbocycles. The zero-order chi connectivity index (χ0) is 15.8. The monoisotopic (exact) mass is 291 g/mol. The number of allylic oxidation sites excluding steroid dienone is 1. The summed E-state index contributed by atoms with van der Waals surface area (Å²) in [6.45, 7) is 0. The first-order valence-electron chi connectivity index (χ1n) is 6.44. The molecule has 2 aromatic rings. The number of nitrogens with zero attached hydrogens (tertiary/aromatic N) is 2. The number of benzene rings is 2. The fourth-order valence-electron chi connectivity index (χ4n) is 1.73. The molecule has 0 heterocycles. The van der Waals surface area contributed by atoms with Crippen LogP contribution in [0.25, 0.3) is 0 Å². The first-order chi connectivity index (χ1) is 10.8. The van der Waals surface area contributed by atoms with Gasteiger partial charge in [0.15, 0.2) is 0 Å². The molecule has 22 heavy (non-hydrogen) atoms. The van der Waals surface area contributed by atoms with Crippen molar-refractivity contribution in [2.45, 2.75) is 0 Å². The molecule has 0 aliphatic carbocycles. The van der Waals surface area contributed by atoms with Gasteiger partial charge in [-0.05, 0) is 24.3 Å². The Hall–Kier alpha value is -3.44. The van der Waals surface area contributed by atoms with Gasteiger partial charge in [-0.3, -0.25) is 0 Å². The Labute approximate surface area is 128 Å². The quantitative estimate of drug-likeness (QED) is 0.847. The van der Waals surface area contributed by atoms with Crippen LogP contribution >= 0.6 is 0 Å². The van der Waals surface area contributed by atoms with Crippen molar-refractivity contribution < 1.29 is 9.47 Å². The summed E-state index contributed by atoms with van der Waals surface area (Å²) < 4.78 is 11.0. The number of hydrogen-bond acceptors (Lipinski definition) is 5. The van der Waals surface area contributed by atoms with Crippen molar-refractivity contribution in [2.24, 2.45) is 0 Å². The van der Waals surface area contributed by atoms with Gasteiger partial charge in [0.1, 0.15) is 35.0 Å². The Morgan fingerprint density at radius 2 is 1.77 bits per heavy atom. The summed E-state index contributed by atoms with van der Waals surface area (Å²) in [6.07, 6.45) is 1.32. The second kappa shape index (κ2) is 7.37. The lowest BCUT2D eigenvalue weighted by molar-refractivity contribution is 0.415. The first-order valence-corrected chi connectivity index (χ1v) is 6.44. The van der Waals surface area contributed by atoms with Crippen molar-refractivity contribution in [3.8, 4) is 29.4 Å². The second-order valence-electron chi connectivity index (χ2n) is 4.20. The van der Waals surface area contributed by atoms with Crippen molar-refractivity contribution >= 4 is 5.69 Å². The maximum Gasteiger partial charge on any atom is 0.145 e. The molecule has 0 fully saturated rings. The molecule has 0 saturated heterocycles. The molecular formula is C17H13N3O2. The Morgan fingerprint density at radius 3 is 2.41 bits per heavy atom. The van der Waals surface area contributed by atoms with Crippen molar-refractivity contribution in [3.63, 3.8) is 0 Å². The van der Waals surface area contributed by atoms with E-state index in [1.807, 2.05) is 30.3 Å². The molecule has 0 bridgehead atoms. The van der Waals surface area contributed by atoms with Crippen LogP contribution in [0.3, 0.4) is 0 Å². The predicted molar refractivity (Wildman–Crippen MR) is 82.4 cm³/mol. The third kappa shape index (κ3) is 3.78. The van der Waals surface area contributed by atoms with Gasteiger partial charge in [0, 0.05) is 12.3 Å². The molecule has 0 radical (unpaired) electrons. The van der Waals surface area contributed by atoms with E-state index in [9.17, 15) is 0 Å². The van der Waals surface area contributed by atoms with Crippen LogP contribution in [0.15, 0.2) is 60.3 Å². The second-order valence-corrected chi connectivity index (χ2v) is 4.20. The molecule has 0 amide bonds. The van der Waals surface area contributed by atoms with Gasteiger partial charge < -0.3 is 14.8 Å². The van der Waals surface area contributed by atoms with Crippen molar-refractivity contribution in [1.29, 1.82) is 10.5 Å². The lowest BCUT2D eigenvalue weighted by Gasteiger charge is -2.11. The molecule has 0 atom stereocenters. The van der Waals surface area contributed by atoms with Crippen LogP contribution in [-0.2, 0) is 0 Å². The maximum absolute atomic E-state index is 8.74. The summed E-state index contributed by atoms with van der Waals surface area (Å²) in [7, 11) is 1.54. The zero-order valence-corrected chi connectivity index (χ0v) is 11.9. The largest absolute Gasteiger partial charge is 0.495 e. The smallest absolute Gasteiger partial charge is 0.145 e. The molecule has 0 aliphatic rings. The van der Waals surface area contributed by atoms with Crippen LogP contribution in [0.2, 0.25) is 0 Å². The highest BCUT2D eigenvalue weighted by Crippen LogP contribution is 2.31. The average Bonchev–Trinajstić information content (AvgIpc) is 2.57. The SMILES string of the molecule is COc1ccc(Oc2ccccc2)cc1NC=C(C#N)C#N. The molecule has 0 unspecified atom stereocenters. The predicted octanol–water partition coefficient (Wildman–Crippen LogP) is 3.83. The Balaban J connectivity index is 2.25. The summed E-state index contributed by atoms with van der Waals surface area (Å²) in [4.78, 5) is 0. The van der Waals surface area contributed by atoms with Crippen LogP contribution in [0.4, 0.5) is 5.69 Å². The van der Waals surface area contributed by atoms with Crippen LogP contribution in [0, 0.1) is 22.7 Å². The van der Waals surface area contributed by atoms with E-state index in [1.165, 1.54) is 13.3 Å². The Bertz CT molecular complexity index is 740. The van der Waals surface area contributed by atoms with E-state index in [2.05, 4.69) is 5.32 Å². The number of para-hydroxylation sites is 1. The molecule has 2 rings (SSSR count). The van der Waals surface area contributed by atoms with Crippen LogP contribution in [0.5, 0.6) is 17.2 Å². The van der Waals surface area contributed by atoms with E-state index in [0.717, 1.165) is 0 Å². The van der Waals surface area contributed by atoms with E-state index in [0.29, 0.717) is 22.9 Å². The van der Waals surface area contributed by atoms with Gasteiger partial charge in [-0.1, -0.05) is 18.2 Å². The third-order valence-electron chi connectivity index (χ3n) is 2.76. The normalized spacial score (nSPS) is 9.05. The minimum absolute atomic E-state index is 0.0311. The summed E-state index contributed by atoms with van der Waals surface area (Å²) in [5.41, 5.74) is 0.565. The minimum atomic E-state index is -0.0311. The summed E-state index contributed by atoms with van der Waals surface area (Å²) in [6, 6.07) is 18.2. The topological polar surface area (TPSA) is 78.1 Å². The molecule has 0 aliphatic heterocycles. The van der Waals surface area contributed by atoms with Gasteiger partial charge in [0.2, 0.25) is 0 Å². The van der Waals surface area contributed by atoms with Crippen molar-refractivity contribution in [2.75, 3.05) is 12.4 Å². The molecular weight excluding hydrogens is 278 g/mol. The fourth-order valence-corrected chi connectivity index (χ4v) is 1.73. The highest BCUT2D eigenvalue weighted by Gasteiger charge is 2.05. The number of ether oxygens (including phenoxy) is 2. The lowest BCUT2D eigenvalue weighted by Crippen LogP contribution is -1.95. The summed E-state index contributed by atoms with van der Waals surface area (Å²) >= 11 is 0. The standard InChI is InChI=1S/C17H13N3O2/c1-21-17-8-7-15(22-14-5-3-2-4-6-14)9-16(17)20-12-13(10-18)11-19/h2-9,12,20H,1H3. The molecule has 5 nitrogen and oxygen atoms in total. The van der Waals surface area contributed by atoms with Crippen LogP contribution < -0.4 is 14.8 Å². The third-order valence-corrected chi connectivity index (χ3v) is 2.76. The molecule has 0 spiro atoms. The van der Waals surface area contributed by atoms with E-state index in [-0.39, 0.29) is 5.57 Å². The summed E-state index contributed by atoms with van der Waals surface area (Å²) in [5, 5.41) is 20.4. The highest BCUT2D eigenvalue weighted by atomic mass is 16.5. The molecule has 108 valence electrons. The number of nitriles is 2. The minimum Gasteiger partial charge on any atom is -0.495 e. The number of hydrogen-bond donors (Lipinski definition) is 1. The van der Waals surface area contributed by atoms with Crippen LogP contribution in [-0.4, -0.2) is 7.11 Å². The Kier molecular flexibility index (Phi) is 5.01.